The van der Waals surface area contributed by atoms with Gasteiger partial charge in [0.2, 0.25) is 5.91 Å². The van der Waals surface area contributed by atoms with E-state index in [1.54, 1.807) is 0 Å². The molecule has 3 nitrogen and oxygen atoms in total. The van der Waals surface area contributed by atoms with E-state index >= 15 is 0 Å². The standard InChI is InChI=1S/C13H22ClNO2/c1-2-11(14)12(17)15-7-10-5-3-4-6-13(10,8-15)9-16/h10-11,16H,2-9H2,1H3/t10-,11+,13+/m1/s1. The number of fused-ring (bicyclic) bond motifs is 1. The third-order valence-electron chi connectivity index (χ3n) is 4.54. The maximum Gasteiger partial charge on any atom is 0.240 e. The van der Waals surface area contributed by atoms with Gasteiger partial charge < -0.3 is 10.0 Å². The van der Waals surface area contributed by atoms with Gasteiger partial charge in [-0.05, 0) is 25.2 Å². The molecule has 0 spiro atoms. The first-order chi connectivity index (χ1) is 8.13. The fraction of sp³-hybridized carbons (Fsp3) is 0.923. The number of carbonyl (C=O) groups is 1. The van der Waals surface area contributed by atoms with Crippen LogP contribution in [-0.4, -0.2) is 41.0 Å². The van der Waals surface area contributed by atoms with E-state index in [1.807, 2.05) is 11.8 Å². The Hall–Kier alpha value is -0.280. The van der Waals surface area contributed by atoms with Crippen molar-refractivity contribution in [2.24, 2.45) is 11.3 Å². The third-order valence-corrected chi connectivity index (χ3v) is 5.04. The molecule has 0 unspecified atom stereocenters. The molecule has 0 radical (unpaired) electrons. The lowest BCUT2D eigenvalue weighted by Crippen LogP contribution is -2.39. The number of likely N-dealkylation sites (tertiary alicyclic amines) is 1. The van der Waals surface area contributed by atoms with E-state index in [9.17, 15) is 9.90 Å². The van der Waals surface area contributed by atoms with Crippen LogP contribution in [0.4, 0.5) is 0 Å². The molecule has 0 aromatic heterocycles. The second-order valence-corrected chi connectivity index (χ2v) is 6.08. The number of carbonyl (C=O) groups excluding carboxylic acids is 1. The highest BCUT2D eigenvalue weighted by molar-refractivity contribution is 6.30. The zero-order chi connectivity index (χ0) is 12.5. The van der Waals surface area contributed by atoms with E-state index in [-0.39, 0.29) is 17.9 Å². The summed E-state index contributed by atoms with van der Waals surface area (Å²) in [5.41, 5.74) is -0.0295. The first kappa shape index (κ1) is 13.2. The minimum atomic E-state index is -0.397. The van der Waals surface area contributed by atoms with Gasteiger partial charge >= 0.3 is 0 Å². The first-order valence-corrected chi connectivity index (χ1v) is 7.10. The lowest BCUT2D eigenvalue weighted by molar-refractivity contribution is -0.130. The number of hydrogen-bond acceptors (Lipinski definition) is 2. The average molecular weight is 260 g/mol. The van der Waals surface area contributed by atoms with Crippen LogP contribution < -0.4 is 0 Å². The van der Waals surface area contributed by atoms with Crippen LogP contribution >= 0.6 is 11.6 Å². The van der Waals surface area contributed by atoms with Gasteiger partial charge in [-0.3, -0.25) is 4.79 Å². The van der Waals surface area contributed by atoms with Crippen molar-refractivity contribution in [3.63, 3.8) is 0 Å². The zero-order valence-corrected chi connectivity index (χ0v) is 11.2. The fourth-order valence-corrected chi connectivity index (χ4v) is 3.52. The van der Waals surface area contributed by atoms with Crippen molar-refractivity contribution < 1.29 is 9.90 Å². The second-order valence-electron chi connectivity index (χ2n) is 5.56. The summed E-state index contributed by atoms with van der Waals surface area (Å²) in [7, 11) is 0. The molecular weight excluding hydrogens is 238 g/mol. The highest BCUT2D eigenvalue weighted by Gasteiger charge is 2.48. The smallest absolute Gasteiger partial charge is 0.240 e. The Kier molecular flexibility index (Phi) is 3.99. The Morgan fingerprint density at radius 1 is 1.59 bits per heavy atom. The molecule has 98 valence electrons. The SMILES string of the molecule is CC[C@H](Cl)C(=O)N1C[C@H]2CCCC[C@@]2(CO)C1. The Morgan fingerprint density at radius 3 is 2.94 bits per heavy atom. The highest BCUT2D eigenvalue weighted by atomic mass is 35.5. The summed E-state index contributed by atoms with van der Waals surface area (Å²) < 4.78 is 0. The lowest BCUT2D eigenvalue weighted by atomic mass is 9.69. The number of amides is 1. The van der Waals surface area contributed by atoms with E-state index in [2.05, 4.69) is 0 Å². The van der Waals surface area contributed by atoms with E-state index in [0.29, 0.717) is 18.9 Å². The van der Waals surface area contributed by atoms with Gasteiger partial charge in [-0.2, -0.15) is 0 Å². The van der Waals surface area contributed by atoms with Crippen LogP contribution in [0.25, 0.3) is 0 Å². The summed E-state index contributed by atoms with van der Waals surface area (Å²) in [5.74, 6) is 0.530. The lowest BCUT2D eigenvalue weighted by Gasteiger charge is -2.36. The Bertz CT molecular complexity index is 297. The van der Waals surface area contributed by atoms with Gasteiger partial charge in [0.15, 0.2) is 0 Å². The molecule has 2 aliphatic rings. The number of aliphatic hydroxyl groups is 1. The van der Waals surface area contributed by atoms with Gasteiger partial charge in [0.25, 0.3) is 0 Å². The van der Waals surface area contributed by atoms with Gasteiger partial charge in [-0.15, -0.1) is 11.6 Å². The van der Waals surface area contributed by atoms with Crippen LogP contribution in [-0.2, 0) is 4.79 Å². The quantitative estimate of drug-likeness (QED) is 0.788. The number of rotatable bonds is 3. The number of alkyl halides is 1. The minimum Gasteiger partial charge on any atom is -0.396 e. The molecule has 1 N–H and O–H groups in total. The minimum absolute atomic E-state index is 0.0295. The number of hydrogen-bond donors (Lipinski definition) is 1. The second kappa shape index (κ2) is 5.15. The molecule has 1 saturated heterocycles. The molecule has 1 aliphatic carbocycles. The van der Waals surface area contributed by atoms with Gasteiger partial charge in [-0.25, -0.2) is 0 Å². The Balaban J connectivity index is 2.08. The van der Waals surface area contributed by atoms with Crippen LogP contribution in [0.15, 0.2) is 0 Å². The number of aliphatic hydroxyl groups excluding tert-OH is 1. The molecule has 2 fully saturated rings. The molecule has 1 aliphatic heterocycles. The van der Waals surface area contributed by atoms with Crippen molar-refractivity contribution in [3.8, 4) is 0 Å². The topological polar surface area (TPSA) is 40.5 Å². The van der Waals surface area contributed by atoms with Crippen molar-refractivity contribution in [3.05, 3.63) is 0 Å². The third kappa shape index (κ3) is 2.32. The highest BCUT2D eigenvalue weighted by Crippen LogP contribution is 2.46. The van der Waals surface area contributed by atoms with E-state index in [4.69, 9.17) is 11.6 Å². The van der Waals surface area contributed by atoms with Crippen molar-refractivity contribution in [1.82, 2.24) is 4.90 Å². The molecule has 0 aromatic rings. The molecular formula is C13H22ClNO2. The molecule has 1 saturated carbocycles. The van der Waals surface area contributed by atoms with E-state index in [0.717, 1.165) is 19.4 Å². The van der Waals surface area contributed by atoms with Crippen molar-refractivity contribution in [1.29, 1.82) is 0 Å². The number of halogens is 1. The summed E-state index contributed by atoms with van der Waals surface area (Å²) in [5, 5.41) is 9.28. The van der Waals surface area contributed by atoms with Gasteiger partial charge in [0.05, 0.1) is 6.61 Å². The van der Waals surface area contributed by atoms with Crippen LogP contribution in [0.5, 0.6) is 0 Å². The molecule has 4 heteroatoms. The van der Waals surface area contributed by atoms with Crippen LogP contribution in [0.1, 0.15) is 39.0 Å². The molecule has 0 bridgehead atoms. The average Bonchev–Trinajstić information content (AvgIpc) is 2.76. The Labute approximate surface area is 108 Å². The molecule has 0 aromatic carbocycles. The molecule has 3 atom stereocenters. The predicted molar refractivity (Wildman–Crippen MR) is 68.0 cm³/mol. The number of nitrogens with zero attached hydrogens (tertiary/aromatic N) is 1. The maximum absolute atomic E-state index is 12.1. The van der Waals surface area contributed by atoms with Crippen LogP contribution in [0, 0.1) is 11.3 Å². The van der Waals surface area contributed by atoms with Gasteiger partial charge in [-0.1, -0.05) is 19.8 Å². The fourth-order valence-electron chi connectivity index (χ4n) is 3.38. The summed E-state index contributed by atoms with van der Waals surface area (Å²) >= 11 is 6.03. The summed E-state index contributed by atoms with van der Waals surface area (Å²) in [6.07, 6.45) is 5.28. The van der Waals surface area contributed by atoms with Crippen LogP contribution in [0.3, 0.4) is 0 Å². The van der Waals surface area contributed by atoms with E-state index < -0.39 is 5.38 Å². The van der Waals surface area contributed by atoms with Crippen molar-refractivity contribution in [2.45, 2.75) is 44.4 Å². The van der Waals surface area contributed by atoms with E-state index in [1.165, 1.54) is 12.8 Å². The predicted octanol–water partition coefficient (Wildman–Crippen LogP) is 2.01. The normalized spacial score (nSPS) is 34.5. The monoisotopic (exact) mass is 259 g/mol. The summed E-state index contributed by atoms with van der Waals surface area (Å²) in [4.78, 5) is 14.0. The van der Waals surface area contributed by atoms with Gasteiger partial charge in [0.1, 0.15) is 5.38 Å². The Morgan fingerprint density at radius 2 is 2.35 bits per heavy atom. The maximum atomic E-state index is 12.1. The zero-order valence-electron chi connectivity index (χ0n) is 10.5. The van der Waals surface area contributed by atoms with Gasteiger partial charge in [0, 0.05) is 18.5 Å². The molecule has 1 heterocycles. The largest absolute Gasteiger partial charge is 0.396 e. The summed E-state index contributed by atoms with van der Waals surface area (Å²) in [6.45, 7) is 3.64. The first-order valence-electron chi connectivity index (χ1n) is 6.66. The molecule has 17 heavy (non-hydrogen) atoms. The van der Waals surface area contributed by atoms with Crippen LogP contribution in [0.2, 0.25) is 0 Å². The molecule has 2 rings (SSSR count). The molecule has 1 amide bonds. The van der Waals surface area contributed by atoms with Crippen molar-refractivity contribution >= 4 is 17.5 Å². The summed E-state index contributed by atoms with van der Waals surface area (Å²) in [6, 6.07) is 0. The van der Waals surface area contributed by atoms with Crippen molar-refractivity contribution in [2.75, 3.05) is 19.7 Å².